The summed E-state index contributed by atoms with van der Waals surface area (Å²) in [4.78, 5) is 0. The molecule has 0 radical (unpaired) electrons. The van der Waals surface area contributed by atoms with Gasteiger partial charge in [-0.05, 0) is 37.5 Å². The first-order valence-electron chi connectivity index (χ1n) is 6.57. The second kappa shape index (κ2) is 5.82. The maximum atomic E-state index is 12.2. The molecule has 1 aliphatic heterocycles. The van der Waals surface area contributed by atoms with E-state index in [0.717, 1.165) is 12.0 Å². The van der Waals surface area contributed by atoms with Gasteiger partial charge in [-0.2, -0.15) is 8.42 Å². The van der Waals surface area contributed by atoms with E-state index in [4.69, 9.17) is 0 Å². The first kappa shape index (κ1) is 16.1. The van der Waals surface area contributed by atoms with Crippen molar-refractivity contribution in [2.45, 2.75) is 19.8 Å². The van der Waals surface area contributed by atoms with Crippen LogP contribution in [0.2, 0.25) is 0 Å². The van der Waals surface area contributed by atoms with Gasteiger partial charge in [0.2, 0.25) is 10.0 Å². The van der Waals surface area contributed by atoms with Crippen LogP contribution < -0.4 is 13.7 Å². The molecular formula is C12H19N3O4S2. The third-order valence-corrected chi connectivity index (χ3v) is 6.25. The molecule has 0 amide bonds. The number of aryl methyl sites for hydroxylation is 1. The van der Waals surface area contributed by atoms with E-state index in [9.17, 15) is 16.8 Å². The minimum Gasteiger partial charge on any atom is -0.271 e. The molecule has 1 aromatic rings. The van der Waals surface area contributed by atoms with E-state index >= 15 is 0 Å². The number of nitrogens with one attached hydrogen (secondary N) is 2. The summed E-state index contributed by atoms with van der Waals surface area (Å²) in [5, 5.41) is 0. The molecule has 21 heavy (non-hydrogen) atoms. The van der Waals surface area contributed by atoms with Crippen LogP contribution in [0.15, 0.2) is 18.2 Å². The van der Waals surface area contributed by atoms with Crippen LogP contribution in [0.5, 0.6) is 0 Å². The van der Waals surface area contributed by atoms with E-state index < -0.39 is 20.2 Å². The number of benzene rings is 1. The first-order valence-corrected chi connectivity index (χ1v) is 9.67. The summed E-state index contributed by atoms with van der Waals surface area (Å²) in [6, 6.07) is 4.85. The second-order valence-corrected chi connectivity index (χ2v) is 8.54. The molecular weight excluding hydrogens is 314 g/mol. The highest BCUT2D eigenvalue weighted by atomic mass is 32.2. The predicted molar refractivity (Wildman–Crippen MR) is 83.1 cm³/mol. The van der Waals surface area contributed by atoms with Gasteiger partial charge >= 0.3 is 0 Å². The summed E-state index contributed by atoms with van der Waals surface area (Å²) in [5.74, 6) is 0.124. The number of hydrogen-bond acceptors (Lipinski definition) is 4. The molecule has 7 nitrogen and oxygen atoms in total. The normalized spacial score (nSPS) is 18.5. The third kappa shape index (κ3) is 3.66. The van der Waals surface area contributed by atoms with Crippen LogP contribution in [-0.2, 0) is 20.2 Å². The van der Waals surface area contributed by atoms with Gasteiger partial charge < -0.3 is 0 Å². The zero-order valence-electron chi connectivity index (χ0n) is 12.0. The van der Waals surface area contributed by atoms with Crippen molar-refractivity contribution in [3.8, 4) is 0 Å². The first-order chi connectivity index (χ1) is 9.75. The van der Waals surface area contributed by atoms with Crippen molar-refractivity contribution in [3.63, 3.8) is 0 Å². The van der Waals surface area contributed by atoms with Crippen molar-refractivity contribution in [2.75, 3.05) is 28.4 Å². The molecule has 0 atom stereocenters. The van der Waals surface area contributed by atoms with Crippen LogP contribution >= 0.6 is 0 Å². The number of hydrogen-bond donors (Lipinski definition) is 2. The molecule has 1 aromatic carbocycles. The predicted octanol–water partition coefficient (Wildman–Crippen LogP) is 0.801. The molecule has 0 bridgehead atoms. The van der Waals surface area contributed by atoms with Gasteiger partial charge in [0.05, 0.1) is 17.1 Å². The standard InChI is InChI=1S/C12H19N3O4S2/c1-10-5-6-11(14-21(18,19)13-2)9-12(10)15-7-3-4-8-20(15,16)17/h5-6,9,13-14H,3-4,7-8H2,1-2H3. The average molecular weight is 333 g/mol. The monoisotopic (exact) mass is 333 g/mol. The molecule has 0 aliphatic carbocycles. The third-order valence-electron chi connectivity index (χ3n) is 3.35. The molecule has 0 unspecified atom stereocenters. The Morgan fingerprint density at radius 3 is 2.57 bits per heavy atom. The highest BCUT2D eigenvalue weighted by Gasteiger charge is 2.27. The van der Waals surface area contributed by atoms with Gasteiger partial charge in [-0.25, -0.2) is 13.1 Å². The van der Waals surface area contributed by atoms with Crippen LogP contribution in [0.4, 0.5) is 11.4 Å². The van der Waals surface area contributed by atoms with Crippen LogP contribution in [-0.4, -0.2) is 36.2 Å². The lowest BCUT2D eigenvalue weighted by molar-refractivity contribution is 0.574. The van der Waals surface area contributed by atoms with E-state index in [0.29, 0.717) is 24.3 Å². The Kier molecular flexibility index (Phi) is 4.45. The van der Waals surface area contributed by atoms with Gasteiger partial charge in [0, 0.05) is 13.6 Å². The van der Waals surface area contributed by atoms with E-state index in [-0.39, 0.29) is 5.75 Å². The highest BCUT2D eigenvalue weighted by molar-refractivity contribution is 7.92. The Bertz CT molecular complexity index is 729. The van der Waals surface area contributed by atoms with Crippen LogP contribution in [0.1, 0.15) is 18.4 Å². The number of rotatable bonds is 4. The van der Waals surface area contributed by atoms with Gasteiger partial charge in [0.1, 0.15) is 0 Å². The van der Waals surface area contributed by atoms with Gasteiger partial charge in [-0.1, -0.05) is 6.07 Å². The zero-order valence-corrected chi connectivity index (χ0v) is 13.6. The van der Waals surface area contributed by atoms with E-state index in [2.05, 4.69) is 9.44 Å². The average Bonchev–Trinajstić information content (AvgIpc) is 2.41. The minimum absolute atomic E-state index is 0.124. The lowest BCUT2D eigenvalue weighted by atomic mass is 10.1. The van der Waals surface area contributed by atoms with Crippen LogP contribution in [0.3, 0.4) is 0 Å². The topological polar surface area (TPSA) is 95.6 Å². The van der Waals surface area contributed by atoms with Gasteiger partial charge in [-0.3, -0.25) is 9.03 Å². The summed E-state index contributed by atoms with van der Waals surface area (Å²) in [6.45, 7) is 2.22. The molecule has 2 rings (SSSR count). The molecule has 0 aromatic heterocycles. The maximum Gasteiger partial charge on any atom is 0.298 e. The smallest absolute Gasteiger partial charge is 0.271 e. The minimum atomic E-state index is -3.63. The number of sulfonamides is 1. The van der Waals surface area contributed by atoms with Crippen molar-refractivity contribution in [2.24, 2.45) is 0 Å². The van der Waals surface area contributed by atoms with Crippen molar-refractivity contribution < 1.29 is 16.8 Å². The lowest BCUT2D eigenvalue weighted by Crippen LogP contribution is -2.38. The van der Waals surface area contributed by atoms with Crippen molar-refractivity contribution in [1.29, 1.82) is 0 Å². The fourth-order valence-electron chi connectivity index (χ4n) is 2.21. The zero-order chi connectivity index (χ0) is 15.7. The van der Waals surface area contributed by atoms with Crippen molar-refractivity contribution in [3.05, 3.63) is 23.8 Å². The SMILES string of the molecule is CNS(=O)(=O)Nc1ccc(C)c(N2CCCCS2(=O)=O)c1. The summed E-state index contributed by atoms with van der Waals surface area (Å²) in [6.07, 6.45) is 1.45. The van der Waals surface area contributed by atoms with E-state index in [1.165, 1.54) is 11.4 Å². The molecule has 1 heterocycles. The Labute approximate surface area is 125 Å². The highest BCUT2D eigenvalue weighted by Crippen LogP contribution is 2.29. The summed E-state index contributed by atoms with van der Waals surface area (Å²) < 4.78 is 53.2. The maximum absolute atomic E-state index is 12.2. The molecule has 0 spiro atoms. The fraction of sp³-hybridized carbons (Fsp3) is 0.500. The summed E-state index contributed by atoms with van der Waals surface area (Å²) in [7, 11) is -5.66. The van der Waals surface area contributed by atoms with Crippen LogP contribution in [0, 0.1) is 6.92 Å². The molecule has 1 fully saturated rings. The Hall–Kier alpha value is -1.32. The van der Waals surface area contributed by atoms with E-state index in [1.807, 2.05) is 0 Å². The summed E-state index contributed by atoms with van der Waals surface area (Å²) >= 11 is 0. The summed E-state index contributed by atoms with van der Waals surface area (Å²) in [5.41, 5.74) is 1.63. The van der Waals surface area contributed by atoms with Gasteiger partial charge in [0.15, 0.2) is 0 Å². The Balaban J connectivity index is 2.40. The molecule has 2 N–H and O–H groups in total. The van der Waals surface area contributed by atoms with Crippen molar-refractivity contribution >= 4 is 31.6 Å². The quantitative estimate of drug-likeness (QED) is 0.852. The van der Waals surface area contributed by atoms with Gasteiger partial charge in [0.25, 0.3) is 10.2 Å². The number of nitrogens with zero attached hydrogens (tertiary/aromatic N) is 1. The molecule has 1 saturated heterocycles. The largest absolute Gasteiger partial charge is 0.298 e. The Morgan fingerprint density at radius 2 is 1.95 bits per heavy atom. The fourth-order valence-corrected chi connectivity index (χ4v) is 4.44. The molecule has 9 heteroatoms. The Morgan fingerprint density at radius 1 is 1.24 bits per heavy atom. The molecule has 1 aliphatic rings. The van der Waals surface area contributed by atoms with Crippen molar-refractivity contribution in [1.82, 2.24) is 4.72 Å². The van der Waals surface area contributed by atoms with Gasteiger partial charge in [-0.15, -0.1) is 0 Å². The van der Waals surface area contributed by atoms with E-state index in [1.54, 1.807) is 25.1 Å². The van der Waals surface area contributed by atoms with Crippen LogP contribution in [0.25, 0.3) is 0 Å². The second-order valence-electron chi connectivity index (χ2n) is 4.91. The lowest BCUT2D eigenvalue weighted by Gasteiger charge is -2.29. The molecule has 118 valence electrons. The molecule has 0 saturated carbocycles. The number of anilines is 2.